The third-order valence-electron chi connectivity index (χ3n) is 1.71. The lowest BCUT2D eigenvalue weighted by Gasteiger charge is -1.87. The Morgan fingerprint density at radius 3 is 3.14 bits per heavy atom. The Morgan fingerprint density at radius 1 is 1.57 bits per heavy atom. The number of carbonyl (C=O) groups is 1. The summed E-state index contributed by atoms with van der Waals surface area (Å²) in [7, 11) is 0. The van der Waals surface area contributed by atoms with E-state index in [-0.39, 0.29) is 5.78 Å². The summed E-state index contributed by atoms with van der Waals surface area (Å²) in [5, 5.41) is 0. The number of aromatic amines is 1. The first-order valence-corrected chi connectivity index (χ1v) is 4.98. The SMILES string of the molecule is O=C(C=Cc1cncs1)c1ccc[nH]1. The van der Waals surface area contributed by atoms with Gasteiger partial charge in [0.05, 0.1) is 11.2 Å². The van der Waals surface area contributed by atoms with Gasteiger partial charge in [0.15, 0.2) is 0 Å². The van der Waals surface area contributed by atoms with Gasteiger partial charge in [-0.25, -0.2) is 0 Å². The minimum atomic E-state index is -0.0246. The van der Waals surface area contributed by atoms with E-state index < -0.39 is 0 Å². The van der Waals surface area contributed by atoms with Crippen LogP contribution in [0.5, 0.6) is 0 Å². The van der Waals surface area contributed by atoms with E-state index in [0.717, 1.165) is 4.88 Å². The van der Waals surface area contributed by atoms with Gasteiger partial charge in [-0.2, -0.15) is 0 Å². The van der Waals surface area contributed by atoms with Gasteiger partial charge in [0.25, 0.3) is 0 Å². The number of hydrogen-bond donors (Lipinski definition) is 1. The summed E-state index contributed by atoms with van der Waals surface area (Å²) in [4.78, 5) is 19.2. The molecule has 70 valence electrons. The van der Waals surface area contributed by atoms with Crippen LogP contribution in [-0.4, -0.2) is 15.8 Å². The standard InChI is InChI=1S/C10H8N2OS/c13-10(9-2-1-5-12-9)4-3-8-6-11-7-14-8/h1-7,12H. The summed E-state index contributed by atoms with van der Waals surface area (Å²) in [5.74, 6) is -0.0246. The van der Waals surface area contributed by atoms with Crippen LogP contribution in [0.15, 0.2) is 36.1 Å². The quantitative estimate of drug-likeness (QED) is 0.616. The fourth-order valence-corrected chi connectivity index (χ4v) is 1.55. The first kappa shape index (κ1) is 8.90. The van der Waals surface area contributed by atoms with E-state index in [0.29, 0.717) is 5.69 Å². The molecule has 2 rings (SSSR count). The van der Waals surface area contributed by atoms with Crippen molar-refractivity contribution < 1.29 is 4.79 Å². The molecule has 0 spiro atoms. The molecule has 3 nitrogen and oxygen atoms in total. The molecule has 0 bridgehead atoms. The summed E-state index contributed by atoms with van der Waals surface area (Å²) in [6, 6.07) is 3.55. The highest BCUT2D eigenvalue weighted by Gasteiger charge is 2.00. The van der Waals surface area contributed by atoms with E-state index in [1.165, 1.54) is 11.3 Å². The number of rotatable bonds is 3. The molecule has 0 radical (unpaired) electrons. The maximum Gasteiger partial charge on any atom is 0.202 e. The van der Waals surface area contributed by atoms with Crippen LogP contribution in [0.3, 0.4) is 0 Å². The van der Waals surface area contributed by atoms with E-state index in [1.54, 1.807) is 42.2 Å². The van der Waals surface area contributed by atoms with Gasteiger partial charge in [-0.05, 0) is 24.3 Å². The minimum Gasteiger partial charge on any atom is -0.359 e. The van der Waals surface area contributed by atoms with E-state index in [4.69, 9.17) is 0 Å². The van der Waals surface area contributed by atoms with Crippen LogP contribution in [0.2, 0.25) is 0 Å². The molecule has 0 aromatic carbocycles. The van der Waals surface area contributed by atoms with Gasteiger partial charge in [-0.15, -0.1) is 11.3 Å². The van der Waals surface area contributed by atoms with Crippen molar-refractivity contribution in [3.05, 3.63) is 46.7 Å². The predicted octanol–water partition coefficient (Wildman–Crippen LogP) is 2.37. The van der Waals surface area contributed by atoms with Gasteiger partial charge >= 0.3 is 0 Å². The molecule has 0 aliphatic carbocycles. The van der Waals surface area contributed by atoms with Crippen molar-refractivity contribution >= 4 is 23.2 Å². The number of aromatic nitrogens is 2. The largest absolute Gasteiger partial charge is 0.359 e. The second-order valence-corrected chi connectivity index (χ2v) is 3.60. The molecule has 0 saturated heterocycles. The monoisotopic (exact) mass is 204 g/mol. The first-order chi connectivity index (χ1) is 6.86. The molecular weight excluding hydrogens is 196 g/mol. The lowest BCUT2D eigenvalue weighted by Crippen LogP contribution is -1.92. The van der Waals surface area contributed by atoms with Crippen LogP contribution < -0.4 is 0 Å². The molecule has 2 aromatic heterocycles. The second-order valence-electron chi connectivity index (χ2n) is 2.69. The van der Waals surface area contributed by atoms with E-state index in [1.807, 2.05) is 0 Å². The third kappa shape index (κ3) is 1.97. The molecule has 0 aliphatic rings. The summed E-state index contributed by atoms with van der Waals surface area (Å²) in [6.07, 6.45) is 6.76. The topological polar surface area (TPSA) is 45.8 Å². The van der Waals surface area contributed by atoms with Crippen LogP contribution in [0.1, 0.15) is 15.4 Å². The molecule has 0 atom stereocenters. The molecule has 0 unspecified atom stereocenters. The summed E-state index contributed by atoms with van der Waals surface area (Å²) in [6.45, 7) is 0. The Kier molecular flexibility index (Phi) is 2.55. The van der Waals surface area contributed by atoms with Crippen LogP contribution in [0.25, 0.3) is 6.08 Å². The van der Waals surface area contributed by atoms with E-state index >= 15 is 0 Å². The van der Waals surface area contributed by atoms with Crippen LogP contribution >= 0.6 is 11.3 Å². The number of allylic oxidation sites excluding steroid dienone is 1. The Bertz CT molecular complexity index is 429. The molecule has 2 aromatic rings. The van der Waals surface area contributed by atoms with Gasteiger partial charge in [0.1, 0.15) is 0 Å². The summed E-state index contributed by atoms with van der Waals surface area (Å²) >= 11 is 1.50. The Morgan fingerprint density at radius 2 is 2.50 bits per heavy atom. The smallest absolute Gasteiger partial charge is 0.202 e. The Balaban J connectivity index is 2.09. The van der Waals surface area contributed by atoms with Crippen molar-refractivity contribution in [3.8, 4) is 0 Å². The highest BCUT2D eigenvalue weighted by atomic mass is 32.1. The molecule has 4 heteroatoms. The minimum absolute atomic E-state index is 0.0246. The average Bonchev–Trinajstić information content (AvgIpc) is 2.87. The highest BCUT2D eigenvalue weighted by molar-refractivity contribution is 7.10. The van der Waals surface area contributed by atoms with Crippen molar-refractivity contribution in [3.63, 3.8) is 0 Å². The van der Waals surface area contributed by atoms with Crippen LogP contribution in [0, 0.1) is 0 Å². The Labute approximate surface area is 85.1 Å². The number of hydrogen-bond acceptors (Lipinski definition) is 3. The van der Waals surface area contributed by atoms with Gasteiger partial charge < -0.3 is 4.98 Å². The van der Waals surface area contributed by atoms with Gasteiger partial charge in [0.2, 0.25) is 5.78 Å². The zero-order valence-electron chi connectivity index (χ0n) is 7.31. The lowest BCUT2D eigenvalue weighted by atomic mass is 10.2. The molecule has 0 aliphatic heterocycles. The van der Waals surface area contributed by atoms with Crippen LogP contribution in [0.4, 0.5) is 0 Å². The van der Waals surface area contributed by atoms with Crippen molar-refractivity contribution in [1.82, 2.24) is 9.97 Å². The number of thiazole rings is 1. The number of nitrogens with one attached hydrogen (secondary N) is 1. The van der Waals surface area contributed by atoms with Gasteiger partial charge in [0, 0.05) is 17.3 Å². The van der Waals surface area contributed by atoms with Crippen molar-refractivity contribution in [1.29, 1.82) is 0 Å². The lowest BCUT2D eigenvalue weighted by molar-refractivity contribution is 0.104. The summed E-state index contributed by atoms with van der Waals surface area (Å²) in [5.41, 5.74) is 2.34. The zero-order chi connectivity index (χ0) is 9.80. The third-order valence-corrected chi connectivity index (χ3v) is 2.45. The number of ketones is 1. The molecule has 0 saturated carbocycles. The zero-order valence-corrected chi connectivity index (χ0v) is 8.12. The molecule has 0 fully saturated rings. The van der Waals surface area contributed by atoms with E-state index in [9.17, 15) is 4.79 Å². The normalized spacial score (nSPS) is 10.9. The molecular formula is C10H8N2OS. The van der Waals surface area contributed by atoms with Crippen molar-refractivity contribution in [2.45, 2.75) is 0 Å². The highest BCUT2D eigenvalue weighted by Crippen LogP contribution is 2.08. The second kappa shape index (κ2) is 4.02. The number of nitrogens with zero attached hydrogens (tertiary/aromatic N) is 1. The molecule has 1 N–H and O–H groups in total. The predicted molar refractivity (Wildman–Crippen MR) is 56.3 cm³/mol. The average molecular weight is 204 g/mol. The molecule has 2 heterocycles. The maximum absolute atomic E-state index is 11.5. The summed E-state index contributed by atoms with van der Waals surface area (Å²) < 4.78 is 0. The molecule has 0 amide bonds. The number of H-pyrrole nitrogens is 1. The fraction of sp³-hybridized carbons (Fsp3) is 0. The van der Waals surface area contributed by atoms with E-state index in [2.05, 4.69) is 9.97 Å². The fourth-order valence-electron chi connectivity index (χ4n) is 1.04. The number of carbonyl (C=O) groups excluding carboxylic acids is 1. The maximum atomic E-state index is 11.5. The van der Waals surface area contributed by atoms with Crippen LogP contribution in [-0.2, 0) is 0 Å². The van der Waals surface area contributed by atoms with Gasteiger partial charge in [-0.3, -0.25) is 9.78 Å². The van der Waals surface area contributed by atoms with Crippen molar-refractivity contribution in [2.75, 3.05) is 0 Å². The molecule has 14 heavy (non-hydrogen) atoms. The van der Waals surface area contributed by atoms with Crippen molar-refractivity contribution in [2.24, 2.45) is 0 Å². The van der Waals surface area contributed by atoms with Gasteiger partial charge in [-0.1, -0.05) is 0 Å². The first-order valence-electron chi connectivity index (χ1n) is 4.10. The Hall–Kier alpha value is -1.68.